The molecule has 2 aliphatic rings. The topological polar surface area (TPSA) is 15.3 Å². The summed E-state index contributed by atoms with van der Waals surface area (Å²) < 4.78 is 0. The Bertz CT molecular complexity index is 187. The number of hydrogen-bond acceptors (Lipinski definition) is 2. The summed E-state index contributed by atoms with van der Waals surface area (Å²) >= 11 is 0. The van der Waals surface area contributed by atoms with Gasteiger partial charge in [-0.25, -0.2) is 0 Å². The smallest absolute Gasteiger partial charge is 0.00936 e. The lowest BCUT2D eigenvalue weighted by molar-refractivity contribution is 0.118. The summed E-state index contributed by atoms with van der Waals surface area (Å²) in [4.78, 5) is 2.61. The van der Waals surface area contributed by atoms with Gasteiger partial charge >= 0.3 is 0 Å². The predicted molar refractivity (Wildman–Crippen MR) is 65.1 cm³/mol. The van der Waals surface area contributed by atoms with E-state index in [0.717, 1.165) is 6.04 Å². The van der Waals surface area contributed by atoms with Crippen molar-refractivity contribution >= 4 is 0 Å². The highest BCUT2D eigenvalue weighted by atomic mass is 15.2. The van der Waals surface area contributed by atoms with Crippen molar-refractivity contribution in [3.8, 4) is 0 Å². The van der Waals surface area contributed by atoms with E-state index in [1.807, 2.05) is 0 Å². The van der Waals surface area contributed by atoms with Crippen LogP contribution >= 0.6 is 0 Å². The second kappa shape index (κ2) is 4.84. The maximum atomic E-state index is 3.60. The van der Waals surface area contributed by atoms with E-state index in [-0.39, 0.29) is 0 Å². The number of rotatable bonds is 5. The molecule has 2 nitrogen and oxygen atoms in total. The van der Waals surface area contributed by atoms with Crippen molar-refractivity contribution in [2.75, 3.05) is 26.7 Å². The molecule has 1 saturated carbocycles. The first-order chi connectivity index (χ1) is 7.26. The lowest BCUT2D eigenvalue weighted by Crippen LogP contribution is -2.47. The van der Waals surface area contributed by atoms with Crippen LogP contribution < -0.4 is 5.32 Å². The first-order valence-electron chi connectivity index (χ1n) is 6.67. The molecule has 15 heavy (non-hydrogen) atoms. The molecule has 1 N–H and O–H groups in total. The van der Waals surface area contributed by atoms with Crippen molar-refractivity contribution in [3.05, 3.63) is 0 Å². The number of hydrogen-bond donors (Lipinski definition) is 1. The van der Waals surface area contributed by atoms with Gasteiger partial charge in [0.25, 0.3) is 0 Å². The molecule has 0 aromatic rings. The molecular formula is C13H26N2. The van der Waals surface area contributed by atoms with Gasteiger partial charge in [0.2, 0.25) is 0 Å². The lowest BCUT2D eigenvalue weighted by atomic mass is 9.76. The van der Waals surface area contributed by atoms with Crippen LogP contribution in [0.4, 0.5) is 0 Å². The highest BCUT2D eigenvalue weighted by Crippen LogP contribution is 2.35. The van der Waals surface area contributed by atoms with E-state index < -0.39 is 0 Å². The molecule has 1 aliphatic heterocycles. The van der Waals surface area contributed by atoms with Gasteiger partial charge in [-0.3, -0.25) is 0 Å². The standard InChI is InChI=1S/C13H26N2/c1-3-7-13(8-4-9-14-10-13)11-15(2)12-5-6-12/h12,14H,3-11H2,1-2H3. The largest absolute Gasteiger partial charge is 0.316 e. The van der Waals surface area contributed by atoms with Crippen LogP contribution in [-0.4, -0.2) is 37.6 Å². The lowest BCUT2D eigenvalue weighted by Gasteiger charge is -2.40. The Kier molecular flexibility index (Phi) is 3.68. The normalized spacial score (nSPS) is 32.2. The summed E-state index contributed by atoms with van der Waals surface area (Å²) in [5, 5.41) is 3.60. The highest BCUT2D eigenvalue weighted by Gasteiger charge is 2.36. The minimum absolute atomic E-state index is 0.588. The molecule has 0 amide bonds. The Hall–Kier alpha value is -0.0800. The van der Waals surface area contributed by atoms with Crippen molar-refractivity contribution < 1.29 is 0 Å². The second-order valence-corrected chi connectivity index (χ2v) is 5.68. The van der Waals surface area contributed by atoms with E-state index in [9.17, 15) is 0 Å². The van der Waals surface area contributed by atoms with Crippen molar-refractivity contribution in [2.45, 2.75) is 51.5 Å². The Morgan fingerprint density at radius 3 is 2.73 bits per heavy atom. The molecule has 0 spiro atoms. The van der Waals surface area contributed by atoms with Crippen molar-refractivity contribution in [1.29, 1.82) is 0 Å². The van der Waals surface area contributed by atoms with Gasteiger partial charge in [-0.2, -0.15) is 0 Å². The fourth-order valence-corrected chi connectivity index (χ4v) is 3.16. The van der Waals surface area contributed by atoms with Gasteiger partial charge in [0.05, 0.1) is 0 Å². The molecule has 1 unspecified atom stereocenters. The molecule has 1 atom stereocenters. The summed E-state index contributed by atoms with van der Waals surface area (Å²) in [5.74, 6) is 0. The maximum Gasteiger partial charge on any atom is 0.00936 e. The van der Waals surface area contributed by atoms with Gasteiger partial charge in [0.1, 0.15) is 0 Å². The van der Waals surface area contributed by atoms with Crippen LogP contribution in [0, 0.1) is 5.41 Å². The highest BCUT2D eigenvalue weighted by molar-refractivity contribution is 4.91. The van der Waals surface area contributed by atoms with E-state index in [0.29, 0.717) is 5.41 Å². The third-order valence-electron chi connectivity index (χ3n) is 4.10. The molecule has 0 radical (unpaired) electrons. The maximum absolute atomic E-state index is 3.60. The third-order valence-corrected chi connectivity index (χ3v) is 4.10. The van der Waals surface area contributed by atoms with Crippen molar-refractivity contribution in [2.24, 2.45) is 5.41 Å². The Balaban J connectivity index is 1.90. The van der Waals surface area contributed by atoms with Crippen LogP contribution in [0.25, 0.3) is 0 Å². The van der Waals surface area contributed by atoms with Gasteiger partial charge in [-0.15, -0.1) is 0 Å². The Morgan fingerprint density at radius 1 is 1.40 bits per heavy atom. The molecule has 88 valence electrons. The molecule has 2 fully saturated rings. The summed E-state index contributed by atoms with van der Waals surface area (Å²) in [5.41, 5.74) is 0.588. The molecule has 1 heterocycles. The molecule has 2 rings (SSSR count). The molecule has 0 aromatic carbocycles. The van der Waals surface area contributed by atoms with E-state index in [4.69, 9.17) is 0 Å². The first kappa shape index (κ1) is 11.4. The van der Waals surface area contributed by atoms with Crippen molar-refractivity contribution in [3.63, 3.8) is 0 Å². The van der Waals surface area contributed by atoms with Crippen molar-refractivity contribution in [1.82, 2.24) is 10.2 Å². The van der Waals surface area contributed by atoms with Gasteiger partial charge in [-0.05, 0) is 51.1 Å². The average Bonchev–Trinajstić information content (AvgIpc) is 3.02. The molecule has 0 aromatic heterocycles. The molecule has 2 heteroatoms. The zero-order valence-corrected chi connectivity index (χ0v) is 10.4. The van der Waals surface area contributed by atoms with Crippen LogP contribution in [0.5, 0.6) is 0 Å². The van der Waals surface area contributed by atoms with E-state index in [1.165, 1.54) is 58.2 Å². The van der Waals surface area contributed by atoms with E-state index in [1.54, 1.807) is 0 Å². The minimum atomic E-state index is 0.588. The van der Waals surface area contributed by atoms with E-state index in [2.05, 4.69) is 24.2 Å². The second-order valence-electron chi connectivity index (χ2n) is 5.68. The molecule has 1 aliphatic carbocycles. The first-order valence-corrected chi connectivity index (χ1v) is 6.67. The van der Waals surface area contributed by atoms with Crippen LogP contribution in [0.3, 0.4) is 0 Å². The van der Waals surface area contributed by atoms with E-state index >= 15 is 0 Å². The monoisotopic (exact) mass is 210 g/mol. The number of piperidine rings is 1. The van der Waals surface area contributed by atoms with Gasteiger partial charge in [0, 0.05) is 19.1 Å². The Labute approximate surface area is 94.4 Å². The Morgan fingerprint density at radius 2 is 2.20 bits per heavy atom. The molecule has 0 bridgehead atoms. The number of nitrogens with one attached hydrogen (secondary N) is 1. The van der Waals surface area contributed by atoms with Crippen LogP contribution in [0.1, 0.15) is 45.4 Å². The van der Waals surface area contributed by atoms with Crippen LogP contribution in [0.2, 0.25) is 0 Å². The molecule has 1 saturated heterocycles. The summed E-state index contributed by atoms with van der Waals surface area (Å²) in [6, 6.07) is 0.917. The predicted octanol–water partition coefficient (Wildman–Crippen LogP) is 2.25. The minimum Gasteiger partial charge on any atom is -0.316 e. The average molecular weight is 210 g/mol. The quantitative estimate of drug-likeness (QED) is 0.749. The molecular weight excluding hydrogens is 184 g/mol. The fourth-order valence-electron chi connectivity index (χ4n) is 3.16. The summed E-state index contributed by atoms with van der Waals surface area (Å²) in [6.07, 6.45) is 8.42. The van der Waals surface area contributed by atoms with Crippen LogP contribution in [0.15, 0.2) is 0 Å². The SMILES string of the molecule is CCCC1(CN(C)C2CC2)CCCNC1. The van der Waals surface area contributed by atoms with Crippen LogP contribution in [-0.2, 0) is 0 Å². The zero-order chi connectivity index (χ0) is 10.7. The zero-order valence-electron chi connectivity index (χ0n) is 10.4. The third kappa shape index (κ3) is 2.94. The van der Waals surface area contributed by atoms with Gasteiger partial charge < -0.3 is 10.2 Å². The summed E-state index contributed by atoms with van der Waals surface area (Å²) in [7, 11) is 2.32. The summed E-state index contributed by atoms with van der Waals surface area (Å²) in [6.45, 7) is 6.13. The van der Waals surface area contributed by atoms with Gasteiger partial charge in [0.15, 0.2) is 0 Å². The fraction of sp³-hybridized carbons (Fsp3) is 1.00. The number of nitrogens with zero attached hydrogens (tertiary/aromatic N) is 1. The van der Waals surface area contributed by atoms with Gasteiger partial charge in [-0.1, -0.05) is 13.3 Å².